The molecular formula is C12H17NO2S. The van der Waals surface area contributed by atoms with Crippen molar-refractivity contribution in [3.8, 4) is 0 Å². The molecular weight excluding hydrogens is 222 g/mol. The predicted molar refractivity (Wildman–Crippen MR) is 64.6 cm³/mol. The monoisotopic (exact) mass is 239 g/mol. The highest BCUT2D eigenvalue weighted by Gasteiger charge is 2.32. The zero-order valence-electron chi connectivity index (χ0n) is 9.43. The average Bonchev–Trinajstić information content (AvgIpc) is 2.91. The van der Waals surface area contributed by atoms with Crippen LogP contribution in [0.15, 0.2) is 16.8 Å². The topological polar surface area (TPSA) is 40.5 Å². The van der Waals surface area contributed by atoms with Crippen molar-refractivity contribution in [3.63, 3.8) is 0 Å². The average molecular weight is 239 g/mol. The molecule has 1 saturated carbocycles. The van der Waals surface area contributed by atoms with Crippen molar-refractivity contribution in [1.29, 1.82) is 0 Å². The summed E-state index contributed by atoms with van der Waals surface area (Å²) in [5, 5.41) is 13.0. The van der Waals surface area contributed by atoms with Gasteiger partial charge in [0, 0.05) is 18.6 Å². The number of thiophene rings is 1. The zero-order chi connectivity index (χ0) is 11.5. The van der Waals surface area contributed by atoms with Gasteiger partial charge in [0.15, 0.2) is 0 Å². The molecule has 3 nitrogen and oxygen atoms in total. The van der Waals surface area contributed by atoms with Gasteiger partial charge in [0.05, 0.1) is 6.42 Å². The highest BCUT2D eigenvalue weighted by molar-refractivity contribution is 7.07. The van der Waals surface area contributed by atoms with Gasteiger partial charge < -0.3 is 5.11 Å². The van der Waals surface area contributed by atoms with Crippen LogP contribution < -0.4 is 0 Å². The van der Waals surface area contributed by atoms with E-state index in [-0.39, 0.29) is 12.5 Å². The van der Waals surface area contributed by atoms with Crippen molar-refractivity contribution >= 4 is 17.3 Å². The van der Waals surface area contributed by atoms with Crippen LogP contribution in [0.25, 0.3) is 0 Å². The zero-order valence-corrected chi connectivity index (χ0v) is 10.2. The largest absolute Gasteiger partial charge is 0.481 e. The minimum atomic E-state index is -0.705. The molecule has 1 atom stereocenters. The Morgan fingerprint density at radius 1 is 1.69 bits per heavy atom. The third-order valence-electron chi connectivity index (χ3n) is 3.00. The maximum absolute atomic E-state index is 10.7. The van der Waals surface area contributed by atoms with Crippen LogP contribution in [0.4, 0.5) is 0 Å². The number of hydrogen-bond acceptors (Lipinski definition) is 3. The molecule has 1 aromatic heterocycles. The van der Waals surface area contributed by atoms with E-state index in [0.717, 1.165) is 6.54 Å². The Kier molecular flexibility index (Phi) is 3.61. The fourth-order valence-electron chi connectivity index (χ4n) is 2.01. The lowest BCUT2D eigenvalue weighted by Gasteiger charge is -2.27. The van der Waals surface area contributed by atoms with E-state index in [1.165, 1.54) is 18.4 Å². The lowest BCUT2D eigenvalue weighted by atomic mass is 10.1. The van der Waals surface area contributed by atoms with Crippen molar-refractivity contribution in [2.75, 3.05) is 0 Å². The molecule has 0 aromatic carbocycles. The van der Waals surface area contributed by atoms with Gasteiger partial charge in [-0.1, -0.05) is 0 Å². The fourth-order valence-corrected chi connectivity index (χ4v) is 2.67. The summed E-state index contributed by atoms with van der Waals surface area (Å²) in [7, 11) is 0. The van der Waals surface area contributed by atoms with Crippen LogP contribution >= 0.6 is 11.3 Å². The van der Waals surface area contributed by atoms with E-state index in [2.05, 4.69) is 21.7 Å². The van der Waals surface area contributed by atoms with E-state index >= 15 is 0 Å². The molecule has 1 fully saturated rings. The summed E-state index contributed by atoms with van der Waals surface area (Å²) in [6.45, 7) is 2.90. The molecule has 4 heteroatoms. The summed E-state index contributed by atoms with van der Waals surface area (Å²) in [5.74, 6) is -0.705. The van der Waals surface area contributed by atoms with Gasteiger partial charge >= 0.3 is 5.97 Å². The van der Waals surface area contributed by atoms with E-state index in [4.69, 9.17) is 5.11 Å². The number of carboxylic acid groups (broad SMARTS) is 1. The maximum atomic E-state index is 10.7. The van der Waals surface area contributed by atoms with Gasteiger partial charge in [0.1, 0.15) is 0 Å². The van der Waals surface area contributed by atoms with Crippen LogP contribution in [0, 0.1) is 0 Å². The molecule has 0 radical (unpaired) electrons. The molecule has 1 heterocycles. The predicted octanol–water partition coefficient (Wildman–Crippen LogP) is 2.58. The summed E-state index contributed by atoms with van der Waals surface area (Å²) in [6, 6.07) is 2.85. The molecule has 88 valence electrons. The highest BCUT2D eigenvalue weighted by Crippen LogP contribution is 2.31. The van der Waals surface area contributed by atoms with Gasteiger partial charge in [-0.3, -0.25) is 9.69 Å². The second kappa shape index (κ2) is 4.97. The Hall–Kier alpha value is -0.870. The third kappa shape index (κ3) is 3.06. The number of nitrogens with zero attached hydrogens (tertiary/aromatic N) is 1. The van der Waals surface area contributed by atoms with E-state index in [1.54, 1.807) is 11.3 Å². The quantitative estimate of drug-likeness (QED) is 0.829. The molecule has 1 aliphatic rings. The van der Waals surface area contributed by atoms with Gasteiger partial charge in [0.25, 0.3) is 0 Å². The molecule has 1 N–H and O–H groups in total. The van der Waals surface area contributed by atoms with Crippen LogP contribution in [0.5, 0.6) is 0 Å². The highest BCUT2D eigenvalue weighted by atomic mass is 32.1. The van der Waals surface area contributed by atoms with Crippen LogP contribution in [0.2, 0.25) is 0 Å². The molecule has 0 bridgehead atoms. The number of carbonyl (C=O) groups is 1. The molecule has 0 saturated heterocycles. The number of rotatable bonds is 6. The van der Waals surface area contributed by atoms with Crippen molar-refractivity contribution in [1.82, 2.24) is 4.90 Å². The van der Waals surface area contributed by atoms with Crippen molar-refractivity contribution in [2.45, 2.75) is 44.8 Å². The minimum Gasteiger partial charge on any atom is -0.481 e. The first-order valence-corrected chi connectivity index (χ1v) is 6.59. The van der Waals surface area contributed by atoms with Gasteiger partial charge in [0.2, 0.25) is 0 Å². The normalized spacial score (nSPS) is 17.6. The number of carboxylic acids is 1. The number of hydrogen-bond donors (Lipinski definition) is 1. The molecule has 0 spiro atoms. The van der Waals surface area contributed by atoms with E-state index in [1.807, 2.05) is 6.92 Å². The van der Waals surface area contributed by atoms with Crippen molar-refractivity contribution in [2.24, 2.45) is 0 Å². The Labute approximate surface area is 99.7 Å². The maximum Gasteiger partial charge on any atom is 0.304 e. The molecule has 1 unspecified atom stereocenters. The first-order chi connectivity index (χ1) is 7.66. The summed E-state index contributed by atoms with van der Waals surface area (Å²) < 4.78 is 0. The SMILES string of the molecule is CC(CC(=O)O)N(Cc1ccsc1)C1CC1. The van der Waals surface area contributed by atoms with Crippen molar-refractivity contribution < 1.29 is 9.90 Å². The van der Waals surface area contributed by atoms with Gasteiger partial charge in [-0.2, -0.15) is 11.3 Å². The van der Waals surface area contributed by atoms with Gasteiger partial charge in [-0.05, 0) is 42.2 Å². The summed E-state index contributed by atoms with van der Waals surface area (Å²) in [6.07, 6.45) is 2.67. The summed E-state index contributed by atoms with van der Waals surface area (Å²) >= 11 is 1.70. The van der Waals surface area contributed by atoms with E-state index in [9.17, 15) is 4.79 Å². The van der Waals surface area contributed by atoms with Gasteiger partial charge in [-0.25, -0.2) is 0 Å². The molecule has 1 aromatic rings. The minimum absolute atomic E-state index is 0.130. The molecule has 0 amide bonds. The summed E-state index contributed by atoms with van der Waals surface area (Å²) in [5.41, 5.74) is 1.30. The molecule has 0 aliphatic heterocycles. The third-order valence-corrected chi connectivity index (χ3v) is 3.73. The lowest BCUT2D eigenvalue weighted by molar-refractivity contribution is -0.138. The van der Waals surface area contributed by atoms with Crippen molar-refractivity contribution in [3.05, 3.63) is 22.4 Å². The Morgan fingerprint density at radius 2 is 2.44 bits per heavy atom. The Morgan fingerprint density at radius 3 is 2.94 bits per heavy atom. The van der Waals surface area contributed by atoms with E-state index in [0.29, 0.717) is 6.04 Å². The summed E-state index contributed by atoms with van der Waals surface area (Å²) in [4.78, 5) is 13.1. The van der Waals surface area contributed by atoms with Crippen LogP contribution in [-0.4, -0.2) is 28.1 Å². The van der Waals surface area contributed by atoms with E-state index < -0.39 is 5.97 Å². The molecule has 2 rings (SSSR count). The molecule has 1 aliphatic carbocycles. The second-order valence-corrected chi connectivity index (χ2v) is 5.26. The Bertz CT molecular complexity index is 346. The first-order valence-electron chi connectivity index (χ1n) is 5.65. The fraction of sp³-hybridized carbons (Fsp3) is 0.583. The standard InChI is InChI=1S/C12H17NO2S/c1-9(6-12(14)15)13(11-2-3-11)7-10-4-5-16-8-10/h4-5,8-9,11H,2-3,6-7H2,1H3,(H,14,15). The van der Waals surface area contributed by atoms with Crippen LogP contribution in [0.1, 0.15) is 31.7 Å². The number of aliphatic carboxylic acids is 1. The smallest absolute Gasteiger partial charge is 0.304 e. The first kappa shape index (κ1) is 11.6. The second-order valence-electron chi connectivity index (χ2n) is 4.48. The Balaban J connectivity index is 1.96. The van der Waals surface area contributed by atoms with Gasteiger partial charge in [-0.15, -0.1) is 0 Å². The lowest BCUT2D eigenvalue weighted by Crippen LogP contribution is -2.35. The molecule has 16 heavy (non-hydrogen) atoms. The van der Waals surface area contributed by atoms with Crippen LogP contribution in [-0.2, 0) is 11.3 Å². The van der Waals surface area contributed by atoms with Crippen LogP contribution in [0.3, 0.4) is 0 Å².